The number of aryl methyl sites for hydroxylation is 1. The van der Waals surface area contributed by atoms with E-state index in [1.807, 2.05) is 48.7 Å². The van der Waals surface area contributed by atoms with Crippen molar-refractivity contribution < 1.29 is 9.18 Å². The number of rotatable bonds is 8. The highest BCUT2D eigenvalue weighted by Crippen LogP contribution is 2.28. The molecule has 2 aromatic carbocycles. The van der Waals surface area contributed by atoms with E-state index in [1.165, 1.54) is 12.1 Å². The Morgan fingerprint density at radius 2 is 1.89 bits per heavy atom. The van der Waals surface area contributed by atoms with E-state index in [2.05, 4.69) is 32.2 Å². The molecule has 0 spiro atoms. The number of halogens is 1. The maximum Gasteiger partial charge on any atom is 0.222 e. The maximum atomic E-state index is 14.2. The normalized spacial score (nSPS) is 15.3. The molecule has 1 aliphatic heterocycles. The summed E-state index contributed by atoms with van der Waals surface area (Å²) in [6.07, 6.45) is 0.233. The third-order valence-electron chi connectivity index (χ3n) is 6.62. The topological polar surface area (TPSA) is 69.2 Å². The zero-order valence-electron chi connectivity index (χ0n) is 20.6. The van der Waals surface area contributed by atoms with E-state index in [-0.39, 0.29) is 24.2 Å². The fourth-order valence-corrected chi connectivity index (χ4v) is 4.74. The van der Waals surface area contributed by atoms with Gasteiger partial charge in [-0.2, -0.15) is 5.10 Å². The van der Waals surface area contributed by atoms with Crippen molar-refractivity contribution in [3.05, 3.63) is 64.2 Å². The van der Waals surface area contributed by atoms with Crippen LogP contribution in [0.5, 0.6) is 0 Å². The number of aromatic amines is 1. The van der Waals surface area contributed by atoms with E-state index < -0.39 is 0 Å². The summed E-state index contributed by atoms with van der Waals surface area (Å²) in [5.74, 6) is 0.278. The fraction of sp³-hybridized carbons (Fsp3) is 0.423. The van der Waals surface area contributed by atoms with Gasteiger partial charge in [0.15, 0.2) is 10.6 Å². The molecule has 35 heavy (non-hydrogen) atoms. The van der Waals surface area contributed by atoms with Gasteiger partial charge in [-0.3, -0.25) is 14.5 Å². The Hall–Kier alpha value is -3.04. The van der Waals surface area contributed by atoms with Crippen molar-refractivity contribution in [3.63, 3.8) is 0 Å². The number of carbonyl (C=O) groups is 1. The molecule has 1 aliphatic rings. The number of hydrogen-bond acceptors (Lipinski definition) is 5. The van der Waals surface area contributed by atoms with Gasteiger partial charge in [-0.05, 0) is 50.8 Å². The quantitative estimate of drug-likeness (QED) is 0.451. The number of hydrogen-bond donors (Lipinski definition) is 2. The van der Waals surface area contributed by atoms with Crippen molar-refractivity contribution in [1.29, 1.82) is 0 Å². The molecule has 0 saturated carbocycles. The molecule has 4 rings (SSSR count). The van der Waals surface area contributed by atoms with Crippen LogP contribution in [0.15, 0.2) is 42.5 Å². The van der Waals surface area contributed by atoms with Crippen LogP contribution >= 0.6 is 12.2 Å². The molecule has 2 heterocycles. The first-order valence-electron chi connectivity index (χ1n) is 12.1. The van der Waals surface area contributed by atoms with Crippen LogP contribution in [0.2, 0.25) is 0 Å². The summed E-state index contributed by atoms with van der Waals surface area (Å²) in [6.45, 7) is 11.2. The van der Waals surface area contributed by atoms with Crippen molar-refractivity contribution in [2.24, 2.45) is 0 Å². The summed E-state index contributed by atoms with van der Waals surface area (Å²) in [5, 5.41) is 10.2. The van der Waals surface area contributed by atoms with Gasteiger partial charge in [0, 0.05) is 56.0 Å². The van der Waals surface area contributed by atoms with Crippen molar-refractivity contribution in [1.82, 2.24) is 25.0 Å². The third-order valence-corrected chi connectivity index (χ3v) is 6.94. The maximum absolute atomic E-state index is 14.2. The highest BCUT2D eigenvalue weighted by molar-refractivity contribution is 7.71. The van der Waals surface area contributed by atoms with E-state index in [0.29, 0.717) is 17.1 Å². The Balaban J connectivity index is 1.43. The van der Waals surface area contributed by atoms with Crippen molar-refractivity contribution in [3.8, 4) is 11.4 Å². The number of piperazine rings is 1. The minimum atomic E-state index is -0.328. The van der Waals surface area contributed by atoms with Gasteiger partial charge in [0.2, 0.25) is 5.91 Å². The van der Waals surface area contributed by atoms with Gasteiger partial charge in [0.25, 0.3) is 0 Å². The molecule has 0 aliphatic carbocycles. The molecular formula is C26H33FN6OS. The fourth-order valence-electron chi connectivity index (χ4n) is 4.52. The smallest absolute Gasteiger partial charge is 0.222 e. The molecule has 9 heteroatoms. The zero-order chi connectivity index (χ0) is 24.9. The number of benzene rings is 2. The molecule has 0 unspecified atom stereocenters. The van der Waals surface area contributed by atoms with Crippen LogP contribution in [0.25, 0.3) is 11.4 Å². The summed E-state index contributed by atoms with van der Waals surface area (Å²) in [4.78, 5) is 17.6. The Morgan fingerprint density at radius 1 is 1.17 bits per heavy atom. The largest absolute Gasteiger partial charge is 0.369 e. The monoisotopic (exact) mass is 496 g/mol. The van der Waals surface area contributed by atoms with E-state index in [9.17, 15) is 9.18 Å². The predicted octanol–water partition coefficient (Wildman–Crippen LogP) is 4.46. The SMILES string of the molecule is CCN1CCN(c2ccc(F)cc2[C@@H](C)NC(=O)CCn2c(-c3ccc(C)cc3)n[nH]c2=S)CC1. The highest BCUT2D eigenvalue weighted by atomic mass is 32.1. The molecule has 1 aromatic heterocycles. The summed E-state index contributed by atoms with van der Waals surface area (Å²) in [7, 11) is 0. The van der Waals surface area contributed by atoms with Gasteiger partial charge in [0.1, 0.15) is 5.82 Å². The predicted molar refractivity (Wildman–Crippen MR) is 139 cm³/mol. The average Bonchev–Trinajstić information content (AvgIpc) is 3.23. The molecule has 1 amide bonds. The van der Waals surface area contributed by atoms with Gasteiger partial charge >= 0.3 is 0 Å². The second-order valence-corrected chi connectivity index (χ2v) is 9.42. The molecule has 0 radical (unpaired) electrons. The van der Waals surface area contributed by atoms with Crippen molar-refractivity contribution in [2.45, 2.75) is 39.8 Å². The lowest BCUT2D eigenvalue weighted by molar-refractivity contribution is -0.121. The molecule has 3 aromatic rings. The van der Waals surface area contributed by atoms with Gasteiger partial charge in [0.05, 0.1) is 6.04 Å². The lowest BCUT2D eigenvalue weighted by Crippen LogP contribution is -2.46. The molecule has 1 saturated heterocycles. The Bertz CT molecular complexity index is 1210. The van der Waals surface area contributed by atoms with Crippen LogP contribution < -0.4 is 10.2 Å². The summed E-state index contributed by atoms with van der Waals surface area (Å²) in [5.41, 5.74) is 3.87. The van der Waals surface area contributed by atoms with E-state index in [4.69, 9.17) is 12.2 Å². The van der Waals surface area contributed by atoms with Gasteiger partial charge < -0.3 is 15.1 Å². The van der Waals surface area contributed by atoms with E-state index >= 15 is 0 Å². The van der Waals surface area contributed by atoms with Crippen molar-refractivity contribution >= 4 is 23.8 Å². The number of likely N-dealkylation sites (N-methyl/N-ethyl adjacent to an activating group) is 1. The van der Waals surface area contributed by atoms with Crippen LogP contribution in [0.1, 0.15) is 37.4 Å². The lowest BCUT2D eigenvalue weighted by atomic mass is 10.0. The molecule has 186 valence electrons. The first-order chi connectivity index (χ1) is 16.9. The summed E-state index contributed by atoms with van der Waals surface area (Å²) >= 11 is 5.40. The Kier molecular flexibility index (Phi) is 7.97. The van der Waals surface area contributed by atoms with Crippen LogP contribution in [-0.2, 0) is 11.3 Å². The number of H-pyrrole nitrogens is 1. The minimum Gasteiger partial charge on any atom is -0.369 e. The average molecular weight is 497 g/mol. The van der Waals surface area contributed by atoms with Gasteiger partial charge in [-0.1, -0.05) is 36.8 Å². The number of nitrogens with zero attached hydrogens (tertiary/aromatic N) is 4. The number of carbonyl (C=O) groups excluding carboxylic acids is 1. The number of amides is 1. The first-order valence-corrected chi connectivity index (χ1v) is 12.5. The Labute approximate surface area is 211 Å². The minimum absolute atomic E-state index is 0.124. The third kappa shape index (κ3) is 5.97. The molecule has 1 atom stereocenters. The summed E-state index contributed by atoms with van der Waals surface area (Å²) < 4.78 is 16.5. The molecule has 0 bridgehead atoms. The molecular weight excluding hydrogens is 463 g/mol. The highest BCUT2D eigenvalue weighted by Gasteiger charge is 2.22. The van der Waals surface area contributed by atoms with E-state index in [1.54, 1.807) is 0 Å². The molecule has 1 fully saturated rings. The second kappa shape index (κ2) is 11.1. The standard InChI is InChI=1S/C26H33FN6OS/c1-4-31-13-15-32(16-14-31)23-10-9-21(27)17-22(23)19(3)28-24(34)11-12-33-25(29-30-26(33)35)20-7-5-18(2)6-8-20/h5-10,17,19H,4,11-16H2,1-3H3,(H,28,34)(H,30,35)/t19-/m1/s1. The van der Waals surface area contributed by atoms with E-state index in [0.717, 1.165) is 55.1 Å². The number of aromatic nitrogens is 3. The second-order valence-electron chi connectivity index (χ2n) is 9.03. The number of anilines is 1. The number of nitrogens with one attached hydrogen (secondary N) is 2. The van der Waals surface area contributed by atoms with Gasteiger partial charge in [-0.25, -0.2) is 4.39 Å². The molecule has 7 nitrogen and oxygen atoms in total. The van der Waals surface area contributed by atoms with Crippen molar-refractivity contribution in [2.75, 3.05) is 37.6 Å². The van der Waals surface area contributed by atoms with Crippen LogP contribution in [0.4, 0.5) is 10.1 Å². The van der Waals surface area contributed by atoms with Gasteiger partial charge in [-0.15, -0.1) is 0 Å². The zero-order valence-corrected chi connectivity index (χ0v) is 21.4. The van der Waals surface area contributed by atoms with Crippen LogP contribution in [0, 0.1) is 17.5 Å². The van der Waals surface area contributed by atoms with Crippen LogP contribution in [-0.4, -0.2) is 58.3 Å². The first kappa shape index (κ1) is 25.1. The summed E-state index contributed by atoms with van der Waals surface area (Å²) in [6, 6.07) is 12.5. The molecule has 2 N–H and O–H groups in total. The lowest BCUT2D eigenvalue weighted by Gasteiger charge is -2.37. The van der Waals surface area contributed by atoms with Crippen LogP contribution in [0.3, 0.4) is 0 Å². The Morgan fingerprint density at radius 3 is 2.57 bits per heavy atom.